The molecular formula is C22H26N2O3. The van der Waals surface area contributed by atoms with Gasteiger partial charge in [-0.05, 0) is 48.2 Å². The van der Waals surface area contributed by atoms with E-state index in [4.69, 9.17) is 9.47 Å². The van der Waals surface area contributed by atoms with Crippen LogP contribution < -0.4 is 14.8 Å². The molecule has 2 aromatic rings. The zero-order valence-corrected chi connectivity index (χ0v) is 16.0. The smallest absolute Gasteiger partial charge is 0.228 e. The van der Waals surface area contributed by atoms with Crippen LogP contribution in [0.1, 0.15) is 23.1 Å². The summed E-state index contributed by atoms with van der Waals surface area (Å²) in [4.78, 5) is 15.3. The van der Waals surface area contributed by atoms with E-state index >= 15 is 0 Å². The first-order chi connectivity index (χ1) is 13.1. The average Bonchev–Trinajstić information content (AvgIpc) is 3.03. The third kappa shape index (κ3) is 3.52. The summed E-state index contributed by atoms with van der Waals surface area (Å²) in [5.74, 6) is 1.77. The number of rotatable bonds is 4. The monoisotopic (exact) mass is 366 g/mol. The molecule has 0 aliphatic carbocycles. The van der Waals surface area contributed by atoms with Gasteiger partial charge in [-0.1, -0.05) is 24.3 Å². The second-order valence-electron chi connectivity index (χ2n) is 7.59. The Morgan fingerprint density at radius 3 is 2.48 bits per heavy atom. The lowest BCUT2D eigenvalue weighted by Gasteiger charge is -2.26. The van der Waals surface area contributed by atoms with Crippen molar-refractivity contribution in [2.45, 2.75) is 25.9 Å². The van der Waals surface area contributed by atoms with Crippen molar-refractivity contribution in [2.75, 3.05) is 27.3 Å². The molecule has 2 aliphatic heterocycles. The number of carbonyl (C=O) groups excluding carboxylic acids is 1. The molecule has 2 aromatic carbocycles. The molecule has 0 bridgehead atoms. The number of benzene rings is 2. The first-order valence-electron chi connectivity index (χ1n) is 9.41. The molecule has 2 aliphatic rings. The van der Waals surface area contributed by atoms with E-state index in [0.29, 0.717) is 6.54 Å². The Bertz CT molecular complexity index is 829. The summed E-state index contributed by atoms with van der Waals surface area (Å²) in [6.45, 7) is 3.09. The van der Waals surface area contributed by atoms with Gasteiger partial charge in [-0.25, -0.2) is 0 Å². The number of nitrogens with one attached hydrogen (secondary N) is 1. The van der Waals surface area contributed by atoms with E-state index in [1.807, 2.05) is 24.3 Å². The predicted octanol–water partition coefficient (Wildman–Crippen LogP) is 2.77. The largest absolute Gasteiger partial charge is 0.497 e. The van der Waals surface area contributed by atoms with Crippen LogP contribution in [0.25, 0.3) is 0 Å². The Balaban J connectivity index is 1.53. The lowest BCUT2D eigenvalue weighted by Crippen LogP contribution is -2.42. The van der Waals surface area contributed by atoms with Gasteiger partial charge in [0, 0.05) is 25.7 Å². The first-order valence-corrected chi connectivity index (χ1v) is 9.41. The highest BCUT2D eigenvalue weighted by molar-refractivity contribution is 5.84. The lowest BCUT2D eigenvalue weighted by molar-refractivity contribution is -0.130. The highest BCUT2D eigenvalue weighted by Gasteiger charge is 2.45. The second kappa shape index (κ2) is 7.24. The Morgan fingerprint density at radius 1 is 1.07 bits per heavy atom. The summed E-state index contributed by atoms with van der Waals surface area (Å²) in [5.41, 5.74) is 3.33. The molecule has 27 heavy (non-hydrogen) atoms. The number of nitrogens with zero attached hydrogens (tertiary/aromatic N) is 1. The van der Waals surface area contributed by atoms with Gasteiger partial charge in [-0.2, -0.15) is 0 Å². The summed E-state index contributed by atoms with van der Waals surface area (Å²) in [7, 11) is 3.33. The van der Waals surface area contributed by atoms with Gasteiger partial charge in [0.1, 0.15) is 11.5 Å². The van der Waals surface area contributed by atoms with Crippen molar-refractivity contribution in [2.24, 2.45) is 5.41 Å². The zero-order chi connectivity index (χ0) is 18.9. The van der Waals surface area contributed by atoms with E-state index in [9.17, 15) is 4.79 Å². The molecule has 4 rings (SSSR count). The Kier molecular flexibility index (Phi) is 4.79. The van der Waals surface area contributed by atoms with Gasteiger partial charge < -0.3 is 14.8 Å². The van der Waals surface area contributed by atoms with E-state index in [1.54, 1.807) is 14.2 Å². The van der Waals surface area contributed by atoms with Gasteiger partial charge >= 0.3 is 0 Å². The highest BCUT2D eigenvalue weighted by atomic mass is 16.5. The van der Waals surface area contributed by atoms with Crippen LogP contribution in [0.15, 0.2) is 42.5 Å². The Morgan fingerprint density at radius 2 is 1.78 bits per heavy atom. The van der Waals surface area contributed by atoms with Crippen LogP contribution in [-0.4, -0.2) is 38.1 Å². The SMILES string of the molecule is COc1cc(CN2CCC3(Cc4ccccc4CNC3=O)C2)cc(OC)c1. The van der Waals surface area contributed by atoms with Crippen molar-refractivity contribution in [1.29, 1.82) is 0 Å². The van der Waals surface area contributed by atoms with E-state index in [-0.39, 0.29) is 11.3 Å². The van der Waals surface area contributed by atoms with Gasteiger partial charge in [0.05, 0.1) is 19.6 Å². The number of carbonyl (C=O) groups is 1. The van der Waals surface area contributed by atoms with Crippen LogP contribution in [0.3, 0.4) is 0 Å². The fourth-order valence-electron chi connectivity index (χ4n) is 4.35. The Hall–Kier alpha value is -2.53. The molecule has 2 heterocycles. The number of methoxy groups -OCH3 is 2. The Labute approximate surface area is 160 Å². The van der Waals surface area contributed by atoms with Crippen LogP contribution in [-0.2, 0) is 24.3 Å². The van der Waals surface area contributed by atoms with E-state index in [1.165, 1.54) is 11.1 Å². The topological polar surface area (TPSA) is 50.8 Å². The molecular weight excluding hydrogens is 340 g/mol. The summed E-state index contributed by atoms with van der Waals surface area (Å²) >= 11 is 0. The third-order valence-corrected chi connectivity index (χ3v) is 5.82. The van der Waals surface area contributed by atoms with Crippen LogP contribution in [0.5, 0.6) is 11.5 Å². The van der Waals surface area contributed by atoms with Crippen LogP contribution in [0.2, 0.25) is 0 Å². The van der Waals surface area contributed by atoms with Crippen molar-refractivity contribution in [1.82, 2.24) is 10.2 Å². The van der Waals surface area contributed by atoms with Crippen LogP contribution in [0.4, 0.5) is 0 Å². The van der Waals surface area contributed by atoms with Crippen molar-refractivity contribution in [3.05, 3.63) is 59.2 Å². The van der Waals surface area contributed by atoms with Gasteiger partial charge in [0.2, 0.25) is 5.91 Å². The molecule has 5 heteroatoms. The molecule has 5 nitrogen and oxygen atoms in total. The maximum absolute atomic E-state index is 12.9. The maximum Gasteiger partial charge on any atom is 0.228 e. The van der Waals surface area contributed by atoms with Gasteiger partial charge in [0.25, 0.3) is 0 Å². The fourth-order valence-corrected chi connectivity index (χ4v) is 4.35. The third-order valence-electron chi connectivity index (χ3n) is 5.82. The molecule has 1 amide bonds. The minimum atomic E-state index is -0.338. The predicted molar refractivity (Wildman–Crippen MR) is 104 cm³/mol. The number of fused-ring (bicyclic) bond motifs is 1. The zero-order valence-electron chi connectivity index (χ0n) is 16.0. The standard InChI is InChI=1S/C22H26N2O3/c1-26-19-9-16(10-20(11-19)27-2)14-24-8-7-22(15-24)12-17-5-3-4-6-18(17)13-23-21(22)25/h3-6,9-11H,7-8,12-15H2,1-2H3,(H,23,25). The quantitative estimate of drug-likeness (QED) is 0.904. The van der Waals surface area contributed by atoms with E-state index in [0.717, 1.165) is 49.5 Å². The van der Waals surface area contributed by atoms with E-state index < -0.39 is 0 Å². The lowest BCUT2D eigenvalue weighted by atomic mass is 9.80. The summed E-state index contributed by atoms with van der Waals surface area (Å²) in [6.07, 6.45) is 1.70. The molecule has 1 atom stereocenters. The molecule has 0 saturated carbocycles. The number of hydrogen-bond donors (Lipinski definition) is 1. The van der Waals surface area contributed by atoms with Crippen molar-refractivity contribution in [3.63, 3.8) is 0 Å². The van der Waals surface area contributed by atoms with Crippen molar-refractivity contribution >= 4 is 5.91 Å². The summed E-state index contributed by atoms with van der Waals surface area (Å²) in [6, 6.07) is 14.3. The minimum Gasteiger partial charge on any atom is -0.497 e. The molecule has 1 unspecified atom stereocenters. The van der Waals surface area contributed by atoms with Gasteiger partial charge in [0.15, 0.2) is 0 Å². The molecule has 1 saturated heterocycles. The number of likely N-dealkylation sites (tertiary alicyclic amines) is 1. The number of hydrogen-bond acceptors (Lipinski definition) is 4. The van der Waals surface area contributed by atoms with Crippen LogP contribution >= 0.6 is 0 Å². The normalized spacial score (nSPS) is 22.2. The number of amides is 1. The van der Waals surface area contributed by atoms with E-state index in [2.05, 4.69) is 28.4 Å². The molecule has 0 aromatic heterocycles. The number of ether oxygens (including phenoxy) is 2. The molecule has 0 radical (unpaired) electrons. The molecule has 1 N–H and O–H groups in total. The molecule has 1 spiro atoms. The minimum absolute atomic E-state index is 0.185. The fraction of sp³-hybridized carbons (Fsp3) is 0.409. The van der Waals surface area contributed by atoms with Crippen molar-refractivity contribution in [3.8, 4) is 11.5 Å². The first kappa shape index (κ1) is 17.9. The van der Waals surface area contributed by atoms with Gasteiger partial charge in [-0.3, -0.25) is 9.69 Å². The van der Waals surface area contributed by atoms with Crippen molar-refractivity contribution < 1.29 is 14.3 Å². The second-order valence-corrected chi connectivity index (χ2v) is 7.59. The summed E-state index contributed by atoms with van der Waals surface area (Å²) < 4.78 is 10.8. The van der Waals surface area contributed by atoms with Gasteiger partial charge in [-0.15, -0.1) is 0 Å². The maximum atomic E-state index is 12.9. The highest BCUT2D eigenvalue weighted by Crippen LogP contribution is 2.38. The van der Waals surface area contributed by atoms with Crippen LogP contribution in [0, 0.1) is 5.41 Å². The summed E-state index contributed by atoms with van der Waals surface area (Å²) in [5, 5.41) is 3.15. The molecule has 1 fully saturated rings. The average molecular weight is 366 g/mol. The molecule has 142 valence electrons.